The highest BCUT2D eigenvalue weighted by Gasteiger charge is 2.14. The summed E-state index contributed by atoms with van der Waals surface area (Å²) >= 11 is 1.53. The summed E-state index contributed by atoms with van der Waals surface area (Å²) in [6.45, 7) is 3.90. The lowest BCUT2D eigenvalue weighted by Gasteiger charge is -2.10. The van der Waals surface area contributed by atoms with Gasteiger partial charge in [0.2, 0.25) is 0 Å². The minimum atomic E-state index is -0.430. The average molecular weight is 352 g/mol. The highest BCUT2D eigenvalue weighted by molar-refractivity contribution is 7.22. The van der Waals surface area contributed by atoms with Crippen LogP contribution in [0.15, 0.2) is 53.6 Å². The summed E-state index contributed by atoms with van der Waals surface area (Å²) in [6, 6.07) is 15.5. The van der Waals surface area contributed by atoms with E-state index in [4.69, 9.17) is 0 Å². The van der Waals surface area contributed by atoms with Crippen molar-refractivity contribution in [3.05, 3.63) is 59.7 Å². The molecular weight excluding hydrogens is 332 g/mol. The number of para-hydroxylation sites is 1. The van der Waals surface area contributed by atoms with E-state index in [-0.39, 0.29) is 5.91 Å². The van der Waals surface area contributed by atoms with Crippen molar-refractivity contribution in [3.8, 4) is 0 Å². The second kappa shape index (κ2) is 7.90. The number of aryl methyl sites for hydroxylation is 1. The summed E-state index contributed by atoms with van der Waals surface area (Å²) in [6.07, 6.45) is 2.64. The van der Waals surface area contributed by atoms with Gasteiger partial charge in [0.1, 0.15) is 6.04 Å². The van der Waals surface area contributed by atoms with E-state index in [9.17, 15) is 4.79 Å². The zero-order valence-electron chi connectivity index (χ0n) is 14.2. The molecule has 1 aromatic heterocycles. The molecule has 0 bridgehead atoms. The van der Waals surface area contributed by atoms with Crippen LogP contribution in [0.3, 0.4) is 0 Å². The molecule has 0 aliphatic rings. The summed E-state index contributed by atoms with van der Waals surface area (Å²) in [5.41, 5.74) is 5.71. The number of anilines is 1. The predicted molar refractivity (Wildman–Crippen MR) is 104 cm³/mol. The lowest BCUT2D eigenvalue weighted by Crippen LogP contribution is -2.34. The summed E-state index contributed by atoms with van der Waals surface area (Å²) < 4.78 is 1.09. The smallest absolute Gasteiger partial charge is 0.262 e. The molecule has 128 valence electrons. The van der Waals surface area contributed by atoms with E-state index < -0.39 is 6.04 Å². The van der Waals surface area contributed by atoms with E-state index in [0.717, 1.165) is 27.3 Å². The Morgan fingerprint density at radius 2 is 2.00 bits per heavy atom. The number of nitrogens with zero attached hydrogens (tertiary/aromatic N) is 2. The van der Waals surface area contributed by atoms with Gasteiger partial charge in [0.05, 0.1) is 16.4 Å². The van der Waals surface area contributed by atoms with E-state index in [2.05, 4.69) is 39.9 Å². The third kappa shape index (κ3) is 4.42. The van der Waals surface area contributed by atoms with E-state index in [0.29, 0.717) is 0 Å². The van der Waals surface area contributed by atoms with Crippen molar-refractivity contribution in [2.24, 2.45) is 5.10 Å². The third-order valence-electron chi connectivity index (χ3n) is 3.80. The van der Waals surface area contributed by atoms with Gasteiger partial charge in [-0.05, 0) is 36.6 Å². The molecule has 1 amide bonds. The molecule has 0 aliphatic heterocycles. The Morgan fingerprint density at radius 1 is 1.24 bits per heavy atom. The largest absolute Gasteiger partial charge is 0.350 e. The first kappa shape index (κ1) is 17.1. The molecule has 0 fully saturated rings. The number of carbonyl (C=O) groups excluding carboxylic acids is 1. The van der Waals surface area contributed by atoms with Crippen molar-refractivity contribution in [2.45, 2.75) is 26.3 Å². The van der Waals surface area contributed by atoms with Crippen LogP contribution in [-0.2, 0) is 11.2 Å². The molecule has 6 heteroatoms. The van der Waals surface area contributed by atoms with Crippen LogP contribution >= 0.6 is 11.3 Å². The van der Waals surface area contributed by atoms with Crippen molar-refractivity contribution in [1.82, 2.24) is 10.4 Å². The Morgan fingerprint density at radius 3 is 2.72 bits per heavy atom. The first-order chi connectivity index (χ1) is 12.2. The second-order valence-corrected chi connectivity index (χ2v) is 6.71. The lowest BCUT2D eigenvalue weighted by molar-refractivity contribution is -0.121. The van der Waals surface area contributed by atoms with Crippen molar-refractivity contribution >= 4 is 38.8 Å². The van der Waals surface area contributed by atoms with Crippen molar-refractivity contribution in [1.29, 1.82) is 0 Å². The summed E-state index contributed by atoms with van der Waals surface area (Å²) in [5.74, 6) is -0.208. The number of hydrazone groups is 1. The van der Waals surface area contributed by atoms with Crippen LogP contribution in [0.5, 0.6) is 0 Å². The zero-order chi connectivity index (χ0) is 17.6. The molecule has 0 saturated heterocycles. The van der Waals surface area contributed by atoms with Gasteiger partial charge in [0, 0.05) is 0 Å². The van der Waals surface area contributed by atoms with Gasteiger partial charge in [-0.2, -0.15) is 5.10 Å². The lowest BCUT2D eigenvalue weighted by atomic mass is 10.1. The number of aromatic nitrogens is 1. The number of fused-ring (bicyclic) bond motifs is 1. The maximum Gasteiger partial charge on any atom is 0.262 e. The molecule has 0 saturated carbocycles. The van der Waals surface area contributed by atoms with E-state index in [1.807, 2.05) is 36.4 Å². The van der Waals surface area contributed by atoms with Crippen LogP contribution in [0.1, 0.15) is 25.0 Å². The number of thiazole rings is 1. The molecule has 1 atom stereocenters. The van der Waals surface area contributed by atoms with Crippen molar-refractivity contribution in [2.75, 3.05) is 5.32 Å². The van der Waals surface area contributed by atoms with Gasteiger partial charge in [0.25, 0.3) is 5.91 Å². The van der Waals surface area contributed by atoms with Crippen molar-refractivity contribution < 1.29 is 4.79 Å². The number of benzene rings is 2. The van der Waals surface area contributed by atoms with Gasteiger partial charge in [-0.3, -0.25) is 4.79 Å². The fraction of sp³-hybridized carbons (Fsp3) is 0.211. The molecule has 3 aromatic rings. The third-order valence-corrected chi connectivity index (χ3v) is 4.77. The SMILES string of the molecule is CCc1ccc(/C=N\NC(=O)[C@H](C)Nc2nc3ccccc3s2)cc1. The van der Waals surface area contributed by atoms with Crippen LogP contribution in [0, 0.1) is 0 Å². The quantitative estimate of drug-likeness (QED) is 0.524. The Labute approximate surface area is 150 Å². The standard InChI is InChI=1S/C19H20N4OS/c1-3-14-8-10-15(11-9-14)12-20-23-18(24)13(2)21-19-22-16-6-4-5-7-17(16)25-19/h4-13H,3H2,1-2H3,(H,21,22)(H,23,24)/b20-12-/t13-/m0/s1. The Hall–Kier alpha value is -2.73. The number of hydrogen-bond donors (Lipinski definition) is 2. The second-order valence-electron chi connectivity index (χ2n) is 5.68. The van der Waals surface area contributed by atoms with Gasteiger partial charge < -0.3 is 5.32 Å². The molecule has 2 N–H and O–H groups in total. The van der Waals surface area contributed by atoms with Gasteiger partial charge >= 0.3 is 0 Å². The van der Waals surface area contributed by atoms with E-state index in [1.165, 1.54) is 16.9 Å². The molecule has 0 aliphatic carbocycles. The number of hydrogen-bond acceptors (Lipinski definition) is 5. The molecule has 25 heavy (non-hydrogen) atoms. The Kier molecular flexibility index (Phi) is 5.40. The van der Waals surface area contributed by atoms with Gasteiger partial charge in [-0.1, -0.05) is 54.7 Å². The number of amides is 1. The van der Waals surface area contributed by atoms with Gasteiger partial charge in [0.15, 0.2) is 5.13 Å². The first-order valence-corrected chi connectivity index (χ1v) is 9.01. The van der Waals surface area contributed by atoms with E-state index in [1.54, 1.807) is 13.1 Å². The van der Waals surface area contributed by atoms with E-state index >= 15 is 0 Å². The number of nitrogens with one attached hydrogen (secondary N) is 2. The highest BCUT2D eigenvalue weighted by atomic mass is 32.1. The van der Waals surface area contributed by atoms with Crippen LogP contribution in [-0.4, -0.2) is 23.1 Å². The normalized spacial score (nSPS) is 12.4. The number of rotatable bonds is 6. The molecule has 2 aromatic carbocycles. The monoisotopic (exact) mass is 352 g/mol. The highest BCUT2D eigenvalue weighted by Crippen LogP contribution is 2.25. The molecular formula is C19H20N4OS. The first-order valence-electron chi connectivity index (χ1n) is 8.19. The molecule has 0 spiro atoms. The summed E-state index contributed by atoms with van der Waals surface area (Å²) in [5, 5.41) is 7.86. The zero-order valence-corrected chi connectivity index (χ0v) is 15.0. The minimum Gasteiger partial charge on any atom is -0.350 e. The maximum atomic E-state index is 12.1. The van der Waals surface area contributed by atoms with Crippen LogP contribution in [0.2, 0.25) is 0 Å². The van der Waals surface area contributed by atoms with Crippen LogP contribution in [0.25, 0.3) is 10.2 Å². The van der Waals surface area contributed by atoms with Crippen LogP contribution < -0.4 is 10.7 Å². The minimum absolute atomic E-state index is 0.208. The molecule has 1 heterocycles. The van der Waals surface area contributed by atoms with Gasteiger partial charge in [-0.15, -0.1) is 0 Å². The van der Waals surface area contributed by atoms with Crippen LogP contribution in [0.4, 0.5) is 5.13 Å². The Balaban J connectivity index is 1.55. The molecule has 0 unspecified atom stereocenters. The fourth-order valence-electron chi connectivity index (χ4n) is 2.29. The fourth-order valence-corrected chi connectivity index (χ4v) is 3.24. The topological polar surface area (TPSA) is 66.4 Å². The maximum absolute atomic E-state index is 12.1. The van der Waals surface area contributed by atoms with Crippen molar-refractivity contribution in [3.63, 3.8) is 0 Å². The summed E-state index contributed by atoms with van der Waals surface area (Å²) in [4.78, 5) is 16.6. The van der Waals surface area contributed by atoms with Gasteiger partial charge in [-0.25, -0.2) is 10.4 Å². The Bertz CT molecular complexity index is 853. The molecule has 0 radical (unpaired) electrons. The number of carbonyl (C=O) groups is 1. The molecule has 5 nitrogen and oxygen atoms in total. The average Bonchev–Trinajstić information content (AvgIpc) is 3.04. The summed E-state index contributed by atoms with van der Waals surface area (Å²) in [7, 11) is 0. The molecule has 3 rings (SSSR count). The predicted octanol–water partition coefficient (Wildman–Crippen LogP) is 3.81.